The highest BCUT2D eigenvalue weighted by Crippen LogP contribution is 2.20. The van der Waals surface area contributed by atoms with E-state index in [9.17, 15) is 4.48 Å². The summed E-state index contributed by atoms with van der Waals surface area (Å²) >= 11 is 0. The number of hydrogen-bond acceptors (Lipinski definition) is 1. The van der Waals surface area contributed by atoms with Crippen LogP contribution in [0.4, 0.5) is 4.48 Å². The van der Waals surface area contributed by atoms with Gasteiger partial charge in [-0.25, -0.2) is 0 Å². The molecule has 0 amide bonds. The molecule has 84 valence electrons. The molecule has 0 radical (unpaired) electrons. The summed E-state index contributed by atoms with van der Waals surface area (Å²) in [5.74, 6) is 0. The first-order chi connectivity index (χ1) is 8.34. The average molecular weight is 226 g/mol. The molecule has 0 atom stereocenters. The van der Waals surface area contributed by atoms with Crippen LogP contribution in [-0.2, 0) is 6.42 Å². The summed E-state index contributed by atoms with van der Waals surface area (Å²) in [5.41, 5.74) is 2.43. The quantitative estimate of drug-likeness (QED) is 0.655. The molecule has 0 N–H and O–H groups in total. The predicted molar refractivity (Wildman–Crippen MR) is 65.5 cm³/mol. The average Bonchev–Trinajstić information content (AvgIpc) is 2.69. The summed E-state index contributed by atoms with van der Waals surface area (Å²) in [5, 5.41) is 4.81. The number of halogens is 1. The van der Waals surface area contributed by atoms with Crippen LogP contribution in [-0.4, -0.2) is 10.0 Å². The number of para-hydroxylation sites is 1. The van der Waals surface area contributed by atoms with Gasteiger partial charge in [-0.3, -0.25) is 0 Å². The molecule has 3 heteroatoms. The SMILES string of the molecule is Fn1nc(Cc2ccccc2)c2ccccc21. The molecule has 1 aromatic heterocycles. The van der Waals surface area contributed by atoms with Crippen molar-refractivity contribution < 1.29 is 4.48 Å². The van der Waals surface area contributed by atoms with Gasteiger partial charge in [0.2, 0.25) is 0 Å². The van der Waals surface area contributed by atoms with Gasteiger partial charge < -0.3 is 0 Å². The van der Waals surface area contributed by atoms with E-state index in [2.05, 4.69) is 5.10 Å². The Labute approximate surface area is 98.2 Å². The van der Waals surface area contributed by atoms with E-state index in [1.54, 1.807) is 6.07 Å². The number of benzene rings is 2. The van der Waals surface area contributed by atoms with Crippen molar-refractivity contribution in [3.63, 3.8) is 0 Å². The molecule has 0 bridgehead atoms. The highest BCUT2D eigenvalue weighted by atomic mass is 19.2. The molecule has 0 aliphatic rings. The second-order valence-electron chi connectivity index (χ2n) is 3.99. The van der Waals surface area contributed by atoms with Gasteiger partial charge in [-0.2, -0.15) is 0 Å². The van der Waals surface area contributed by atoms with Gasteiger partial charge in [0.05, 0.1) is 5.69 Å². The Morgan fingerprint density at radius 2 is 1.65 bits per heavy atom. The third-order valence-corrected chi connectivity index (χ3v) is 2.84. The van der Waals surface area contributed by atoms with Gasteiger partial charge in [-0.05, 0) is 11.6 Å². The Morgan fingerprint density at radius 1 is 0.941 bits per heavy atom. The third-order valence-electron chi connectivity index (χ3n) is 2.84. The van der Waals surface area contributed by atoms with Crippen molar-refractivity contribution in [1.29, 1.82) is 0 Å². The van der Waals surface area contributed by atoms with Crippen molar-refractivity contribution in [1.82, 2.24) is 10.0 Å². The molecule has 1 heterocycles. The number of fused-ring (bicyclic) bond motifs is 1. The topological polar surface area (TPSA) is 17.8 Å². The van der Waals surface area contributed by atoms with E-state index in [-0.39, 0.29) is 0 Å². The van der Waals surface area contributed by atoms with Crippen LogP contribution in [0.5, 0.6) is 0 Å². The Kier molecular flexibility index (Phi) is 2.37. The Bertz CT molecular complexity index is 644. The molecule has 0 fully saturated rings. The van der Waals surface area contributed by atoms with E-state index < -0.39 is 0 Å². The van der Waals surface area contributed by atoms with E-state index in [0.29, 0.717) is 16.8 Å². The highest BCUT2D eigenvalue weighted by Gasteiger charge is 2.09. The van der Waals surface area contributed by atoms with Gasteiger partial charge in [-0.15, -0.1) is 5.10 Å². The van der Waals surface area contributed by atoms with Gasteiger partial charge in [0.25, 0.3) is 0 Å². The fraction of sp³-hybridized carbons (Fsp3) is 0.0714. The lowest BCUT2D eigenvalue weighted by molar-refractivity contribution is 0.330. The standard InChI is InChI=1S/C14H11FN2/c15-17-14-9-5-4-8-12(14)13(16-17)10-11-6-2-1-3-7-11/h1-9H,10H2. The summed E-state index contributed by atoms with van der Waals surface area (Å²) in [6.45, 7) is 0. The zero-order valence-corrected chi connectivity index (χ0v) is 9.18. The third kappa shape index (κ3) is 1.80. The van der Waals surface area contributed by atoms with E-state index in [4.69, 9.17) is 0 Å². The maximum Gasteiger partial charge on any atom is 0.104 e. The normalized spacial score (nSPS) is 10.9. The Balaban J connectivity index is 2.07. The molecule has 3 rings (SSSR count). The lowest BCUT2D eigenvalue weighted by Gasteiger charge is -1.97. The summed E-state index contributed by atoms with van der Waals surface area (Å²) in [7, 11) is 0. The molecule has 0 unspecified atom stereocenters. The van der Waals surface area contributed by atoms with E-state index in [0.717, 1.165) is 16.6 Å². The van der Waals surface area contributed by atoms with Crippen molar-refractivity contribution in [2.45, 2.75) is 6.42 Å². The summed E-state index contributed by atoms with van der Waals surface area (Å²) in [4.78, 5) is 0.452. The van der Waals surface area contributed by atoms with Crippen LogP contribution in [0.15, 0.2) is 54.6 Å². The molecule has 2 aromatic carbocycles. The zero-order valence-electron chi connectivity index (χ0n) is 9.18. The first-order valence-corrected chi connectivity index (χ1v) is 5.51. The van der Waals surface area contributed by atoms with Crippen LogP contribution in [0.3, 0.4) is 0 Å². The Morgan fingerprint density at radius 3 is 2.47 bits per heavy atom. The van der Waals surface area contributed by atoms with Crippen LogP contribution >= 0.6 is 0 Å². The van der Waals surface area contributed by atoms with Crippen molar-refractivity contribution in [2.75, 3.05) is 0 Å². The lowest BCUT2D eigenvalue weighted by atomic mass is 10.1. The molecular formula is C14H11FN2. The molecule has 3 aromatic rings. The van der Waals surface area contributed by atoms with Crippen molar-refractivity contribution in [3.8, 4) is 0 Å². The number of aromatic nitrogens is 2. The first kappa shape index (κ1) is 10.0. The molecule has 2 nitrogen and oxygen atoms in total. The van der Waals surface area contributed by atoms with Gasteiger partial charge >= 0.3 is 0 Å². The molecule has 0 saturated heterocycles. The molecule has 17 heavy (non-hydrogen) atoms. The van der Waals surface area contributed by atoms with Gasteiger partial charge in [0.1, 0.15) is 5.52 Å². The van der Waals surface area contributed by atoms with Crippen LogP contribution in [0, 0.1) is 0 Å². The second kappa shape index (κ2) is 4.01. The molecule has 0 saturated carbocycles. The van der Waals surface area contributed by atoms with Gasteiger partial charge in [-0.1, -0.05) is 57.9 Å². The highest BCUT2D eigenvalue weighted by molar-refractivity contribution is 5.81. The largest absolute Gasteiger partial charge is 0.146 e. The summed E-state index contributed by atoms with van der Waals surface area (Å²) in [6.07, 6.45) is 0.651. The van der Waals surface area contributed by atoms with Crippen LogP contribution in [0.25, 0.3) is 10.9 Å². The van der Waals surface area contributed by atoms with Gasteiger partial charge in [0, 0.05) is 11.8 Å². The van der Waals surface area contributed by atoms with Crippen LogP contribution in [0.1, 0.15) is 11.3 Å². The van der Waals surface area contributed by atoms with Crippen molar-refractivity contribution in [2.24, 2.45) is 0 Å². The minimum atomic E-state index is 0.452. The minimum Gasteiger partial charge on any atom is -0.146 e. The molecule has 0 aliphatic heterocycles. The molecular weight excluding hydrogens is 215 g/mol. The maximum atomic E-state index is 13.5. The minimum absolute atomic E-state index is 0.452. The number of nitrogens with zero attached hydrogens (tertiary/aromatic N) is 2. The first-order valence-electron chi connectivity index (χ1n) is 5.51. The molecule has 0 spiro atoms. The monoisotopic (exact) mass is 226 g/mol. The summed E-state index contributed by atoms with van der Waals surface area (Å²) < 4.78 is 13.5. The zero-order chi connectivity index (χ0) is 11.7. The maximum absolute atomic E-state index is 13.5. The smallest absolute Gasteiger partial charge is 0.104 e. The predicted octanol–water partition coefficient (Wildman–Crippen LogP) is 3.36. The van der Waals surface area contributed by atoms with Crippen LogP contribution in [0.2, 0.25) is 0 Å². The summed E-state index contributed by atoms with van der Waals surface area (Å²) in [6, 6.07) is 17.3. The lowest BCUT2D eigenvalue weighted by Crippen LogP contribution is -1.90. The van der Waals surface area contributed by atoms with E-state index in [1.165, 1.54) is 0 Å². The Hall–Kier alpha value is -2.16. The second-order valence-corrected chi connectivity index (χ2v) is 3.99. The number of hydrogen-bond donors (Lipinski definition) is 0. The van der Waals surface area contributed by atoms with Crippen molar-refractivity contribution in [3.05, 3.63) is 65.9 Å². The van der Waals surface area contributed by atoms with Crippen molar-refractivity contribution >= 4 is 10.9 Å². The fourth-order valence-electron chi connectivity index (χ4n) is 2.01. The van der Waals surface area contributed by atoms with E-state index in [1.807, 2.05) is 48.5 Å². The van der Waals surface area contributed by atoms with E-state index >= 15 is 0 Å². The molecule has 0 aliphatic carbocycles. The number of rotatable bonds is 2. The van der Waals surface area contributed by atoms with Gasteiger partial charge in [0.15, 0.2) is 0 Å². The fourth-order valence-corrected chi connectivity index (χ4v) is 2.01. The van der Waals surface area contributed by atoms with Crippen LogP contribution < -0.4 is 0 Å².